The van der Waals surface area contributed by atoms with Crippen molar-refractivity contribution in [1.29, 1.82) is 0 Å². The Morgan fingerprint density at radius 2 is 1.12 bits per heavy atom. The molecule has 0 saturated carbocycles. The van der Waals surface area contributed by atoms with Gasteiger partial charge < -0.3 is 48.5 Å². The summed E-state index contributed by atoms with van der Waals surface area (Å²) in [6.45, 7) is 6.48. The van der Waals surface area contributed by atoms with Crippen molar-refractivity contribution in [2.75, 3.05) is 106 Å². The van der Waals surface area contributed by atoms with Crippen LogP contribution in [-0.4, -0.2) is 134 Å². The van der Waals surface area contributed by atoms with Crippen molar-refractivity contribution in [3.63, 3.8) is 0 Å². The topological polar surface area (TPSA) is 151 Å². The molecule has 2 amide bonds. The first-order valence-corrected chi connectivity index (χ1v) is 16.5. The first kappa shape index (κ1) is 38.9. The second-order valence-electron chi connectivity index (χ2n) is 11.0. The minimum Gasteiger partial charge on any atom is -0.481 e. The molecule has 2 aromatic carbocycles. The third-order valence-electron chi connectivity index (χ3n) is 7.43. The highest BCUT2D eigenvalue weighted by Gasteiger charge is 2.29. The largest absolute Gasteiger partial charge is 0.481 e. The SMILES string of the molecule is CN(CCOCCOCCOCCOCCOCCOCCCNC(=O)CCC(=O)O)C(=O)OCC1c2ccccc2-c2ccccc21. The molecule has 0 radical (unpaired) electrons. The van der Waals surface area contributed by atoms with Crippen molar-refractivity contribution in [3.8, 4) is 11.1 Å². The maximum absolute atomic E-state index is 12.6. The average Bonchev–Trinajstić information content (AvgIpc) is 3.41. The van der Waals surface area contributed by atoms with Gasteiger partial charge in [-0.1, -0.05) is 48.5 Å². The average molecular weight is 675 g/mol. The van der Waals surface area contributed by atoms with Crippen LogP contribution in [0.25, 0.3) is 11.1 Å². The number of aliphatic carboxylic acids is 1. The van der Waals surface area contributed by atoms with E-state index in [2.05, 4.69) is 29.6 Å². The lowest BCUT2D eigenvalue weighted by Crippen LogP contribution is -2.32. The molecular weight excluding hydrogens is 624 g/mol. The lowest BCUT2D eigenvalue weighted by Gasteiger charge is -2.19. The van der Waals surface area contributed by atoms with Gasteiger partial charge in [0.15, 0.2) is 0 Å². The fourth-order valence-corrected chi connectivity index (χ4v) is 4.91. The maximum atomic E-state index is 12.6. The maximum Gasteiger partial charge on any atom is 0.409 e. The number of ether oxygens (including phenoxy) is 7. The van der Waals surface area contributed by atoms with Crippen LogP contribution in [0.3, 0.4) is 0 Å². The van der Waals surface area contributed by atoms with E-state index < -0.39 is 5.97 Å². The molecule has 0 spiro atoms. The number of carboxylic acids is 1. The summed E-state index contributed by atoms with van der Waals surface area (Å²) in [6.07, 6.45) is 0.0906. The highest BCUT2D eigenvalue weighted by atomic mass is 16.6. The number of benzene rings is 2. The smallest absolute Gasteiger partial charge is 0.409 e. The zero-order chi connectivity index (χ0) is 34.2. The van der Waals surface area contributed by atoms with E-state index >= 15 is 0 Å². The second-order valence-corrected chi connectivity index (χ2v) is 11.0. The molecular formula is C35H50N2O11. The number of carboxylic acid groups (broad SMARTS) is 1. The van der Waals surface area contributed by atoms with Gasteiger partial charge in [-0.05, 0) is 28.7 Å². The van der Waals surface area contributed by atoms with Crippen molar-refractivity contribution in [2.24, 2.45) is 0 Å². The van der Waals surface area contributed by atoms with E-state index in [1.54, 1.807) is 7.05 Å². The Labute approximate surface area is 282 Å². The Balaban J connectivity index is 1.04. The summed E-state index contributed by atoms with van der Waals surface area (Å²) in [5, 5.41) is 11.2. The van der Waals surface area contributed by atoms with Crippen LogP contribution in [0, 0.1) is 0 Å². The third-order valence-corrected chi connectivity index (χ3v) is 7.43. The van der Waals surface area contributed by atoms with Gasteiger partial charge in [-0.2, -0.15) is 0 Å². The Kier molecular flexibility index (Phi) is 19.2. The molecule has 13 heteroatoms. The lowest BCUT2D eigenvalue weighted by molar-refractivity contribution is -0.138. The van der Waals surface area contributed by atoms with Crippen molar-refractivity contribution in [2.45, 2.75) is 25.2 Å². The number of fused-ring (bicyclic) bond motifs is 3. The predicted molar refractivity (Wildman–Crippen MR) is 177 cm³/mol. The Hall–Kier alpha value is -3.59. The highest BCUT2D eigenvalue weighted by Crippen LogP contribution is 2.44. The molecule has 0 unspecified atom stereocenters. The second kappa shape index (κ2) is 23.7. The van der Waals surface area contributed by atoms with Gasteiger partial charge in [-0.3, -0.25) is 9.59 Å². The summed E-state index contributed by atoms with van der Waals surface area (Å²) >= 11 is 0. The zero-order valence-electron chi connectivity index (χ0n) is 27.9. The molecule has 0 fully saturated rings. The summed E-state index contributed by atoms with van der Waals surface area (Å²) in [7, 11) is 1.70. The van der Waals surface area contributed by atoms with Crippen molar-refractivity contribution < 1.29 is 52.6 Å². The highest BCUT2D eigenvalue weighted by molar-refractivity contribution is 5.80. The molecule has 0 bridgehead atoms. The number of likely N-dealkylation sites (N-methyl/N-ethyl adjacent to an activating group) is 1. The van der Waals surface area contributed by atoms with Crippen molar-refractivity contribution in [1.82, 2.24) is 10.2 Å². The van der Waals surface area contributed by atoms with Crippen LogP contribution < -0.4 is 5.32 Å². The van der Waals surface area contributed by atoms with Crippen LogP contribution >= 0.6 is 0 Å². The van der Waals surface area contributed by atoms with Crippen LogP contribution in [0.1, 0.15) is 36.3 Å². The monoisotopic (exact) mass is 674 g/mol. The predicted octanol–water partition coefficient (Wildman–Crippen LogP) is 3.34. The zero-order valence-corrected chi connectivity index (χ0v) is 27.9. The fraction of sp³-hybridized carbons (Fsp3) is 0.571. The van der Waals surface area contributed by atoms with E-state index in [0.29, 0.717) is 105 Å². The molecule has 2 N–H and O–H groups in total. The summed E-state index contributed by atoms with van der Waals surface area (Å²) in [5.74, 6) is -1.22. The van der Waals surface area contributed by atoms with Crippen LogP contribution in [0.2, 0.25) is 0 Å². The van der Waals surface area contributed by atoms with Gasteiger partial charge in [0.1, 0.15) is 6.61 Å². The molecule has 2 aromatic rings. The lowest BCUT2D eigenvalue weighted by atomic mass is 9.98. The number of carbonyl (C=O) groups excluding carboxylic acids is 2. The van der Waals surface area contributed by atoms with E-state index in [4.69, 9.17) is 38.3 Å². The number of nitrogens with one attached hydrogen (secondary N) is 1. The number of nitrogens with zero attached hydrogens (tertiary/aromatic N) is 1. The van der Waals surface area contributed by atoms with Gasteiger partial charge >= 0.3 is 12.1 Å². The standard InChI is InChI=1S/C35H50N2O11/c1-37(35(41)48-27-32-30-9-4-2-7-28(30)29-8-3-5-10-31(29)32)14-16-43-18-20-45-22-24-47-26-25-46-23-21-44-19-17-42-15-6-13-36-33(38)11-12-34(39)40/h2-5,7-10,32H,6,11-27H2,1H3,(H,36,38)(H,39,40). The van der Waals surface area contributed by atoms with Crippen LogP contribution in [0.15, 0.2) is 48.5 Å². The van der Waals surface area contributed by atoms with Crippen LogP contribution in [-0.2, 0) is 42.7 Å². The molecule has 0 atom stereocenters. The van der Waals surface area contributed by atoms with Crippen LogP contribution in [0.4, 0.5) is 4.79 Å². The Morgan fingerprint density at radius 3 is 1.62 bits per heavy atom. The fourth-order valence-electron chi connectivity index (χ4n) is 4.91. The summed E-state index contributed by atoms with van der Waals surface area (Å²) < 4.78 is 38.6. The molecule has 13 nitrogen and oxygen atoms in total. The van der Waals surface area contributed by atoms with Crippen molar-refractivity contribution in [3.05, 3.63) is 59.7 Å². The molecule has 1 aliphatic carbocycles. The van der Waals surface area contributed by atoms with E-state index in [-0.39, 0.29) is 30.8 Å². The molecule has 48 heavy (non-hydrogen) atoms. The first-order chi connectivity index (χ1) is 23.5. The number of rotatable bonds is 27. The Bertz CT molecular complexity index is 1180. The van der Waals surface area contributed by atoms with E-state index in [1.165, 1.54) is 27.2 Å². The molecule has 3 rings (SSSR count). The molecule has 266 valence electrons. The molecule has 0 heterocycles. The minimum absolute atomic E-state index is 0.0140. The quantitative estimate of drug-likeness (QED) is 0.134. The summed E-state index contributed by atoms with van der Waals surface area (Å²) in [6, 6.07) is 16.5. The molecule has 0 saturated heterocycles. The van der Waals surface area contributed by atoms with E-state index in [0.717, 1.165) is 0 Å². The normalized spacial score (nSPS) is 12.0. The Morgan fingerprint density at radius 1 is 0.667 bits per heavy atom. The van der Waals surface area contributed by atoms with Gasteiger partial charge in [0, 0.05) is 39.1 Å². The van der Waals surface area contributed by atoms with Gasteiger partial charge in [0.05, 0.1) is 79.1 Å². The van der Waals surface area contributed by atoms with Gasteiger partial charge in [0.2, 0.25) is 5.91 Å². The molecule has 1 aliphatic rings. The van der Waals surface area contributed by atoms with Crippen LogP contribution in [0.5, 0.6) is 0 Å². The minimum atomic E-state index is -0.985. The number of amides is 2. The van der Waals surface area contributed by atoms with Gasteiger partial charge in [-0.25, -0.2) is 4.79 Å². The summed E-state index contributed by atoms with van der Waals surface area (Å²) in [5.41, 5.74) is 4.77. The number of hydrogen-bond donors (Lipinski definition) is 2. The summed E-state index contributed by atoms with van der Waals surface area (Å²) in [4.78, 5) is 35.9. The molecule has 0 aromatic heterocycles. The van der Waals surface area contributed by atoms with E-state index in [9.17, 15) is 14.4 Å². The number of carbonyl (C=O) groups is 3. The third kappa shape index (κ3) is 15.1. The van der Waals surface area contributed by atoms with Gasteiger partial charge in [-0.15, -0.1) is 0 Å². The van der Waals surface area contributed by atoms with Crippen molar-refractivity contribution >= 4 is 18.0 Å². The van der Waals surface area contributed by atoms with E-state index in [1.807, 2.05) is 24.3 Å². The number of hydrogen-bond acceptors (Lipinski definition) is 10. The van der Waals surface area contributed by atoms with Gasteiger partial charge in [0.25, 0.3) is 0 Å². The first-order valence-electron chi connectivity index (χ1n) is 16.5. The molecule has 0 aliphatic heterocycles.